The van der Waals surface area contributed by atoms with E-state index in [1.165, 1.54) is 0 Å². The lowest BCUT2D eigenvalue weighted by Crippen LogP contribution is -2.45. The zero-order valence-electron chi connectivity index (χ0n) is 14.6. The first-order valence-electron chi connectivity index (χ1n) is 8.44. The van der Waals surface area contributed by atoms with Crippen LogP contribution in [0.15, 0.2) is 24.8 Å². The number of aliphatic hydroxyl groups is 1. The monoisotopic (exact) mass is 344 g/mol. The van der Waals surface area contributed by atoms with Gasteiger partial charge in [0.05, 0.1) is 11.9 Å². The zero-order valence-corrected chi connectivity index (χ0v) is 14.6. The number of hydrogen-bond acceptors (Lipinski definition) is 6. The SMILES string of the molecule is Cc1nn(C)cc1CCC(=O)NC[C@@]1(O)CCN(c2cnccn2)C1. The molecule has 8 nitrogen and oxygen atoms in total. The third kappa shape index (κ3) is 4.33. The molecule has 134 valence electrons. The zero-order chi connectivity index (χ0) is 17.9. The van der Waals surface area contributed by atoms with Gasteiger partial charge >= 0.3 is 0 Å². The lowest BCUT2D eigenvalue weighted by atomic mass is 10.0. The average Bonchev–Trinajstić information content (AvgIpc) is 3.15. The smallest absolute Gasteiger partial charge is 0.220 e. The maximum atomic E-state index is 12.1. The summed E-state index contributed by atoms with van der Waals surface area (Å²) in [6.07, 6.45) is 8.50. The molecule has 1 amide bonds. The van der Waals surface area contributed by atoms with Gasteiger partial charge in [0, 0.05) is 51.7 Å². The van der Waals surface area contributed by atoms with E-state index in [4.69, 9.17) is 0 Å². The highest BCUT2D eigenvalue weighted by Crippen LogP contribution is 2.24. The molecule has 1 saturated heterocycles. The van der Waals surface area contributed by atoms with E-state index < -0.39 is 5.60 Å². The topological polar surface area (TPSA) is 96.2 Å². The largest absolute Gasteiger partial charge is 0.386 e. The van der Waals surface area contributed by atoms with Crippen LogP contribution in [0.5, 0.6) is 0 Å². The van der Waals surface area contributed by atoms with Gasteiger partial charge in [-0.05, 0) is 25.3 Å². The number of hydrogen-bond donors (Lipinski definition) is 2. The van der Waals surface area contributed by atoms with Crippen LogP contribution in [0, 0.1) is 6.92 Å². The van der Waals surface area contributed by atoms with E-state index in [1.54, 1.807) is 23.3 Å². The maximum Gasteiger partial charge on any atom is 0.220 e. The molecule has 1 atom stereocenters. The van der Waals surface area contributed by atoms with Crippen molar-refractivity contribution in [2.75, 3.05) is 24.5 Å². The van der Waals surface area contributed by atoms with Crippen LogP contribution in [0.3, 0.4) is 0 Å². The number of carbonyl (C=O) groups is 1. The summed E-state index contributed by atoms with van der Waals surface area (Å²) >= 11 is 0. The molecule has 2 aromatic rings. The number of nitrogens with one attached hydrogen (secondary N) is 1. The second-order valence-corrected chi connectivity index (χ2v) is 6.65. The second kappa shape index (κ2) is 7.18. The predicted octanol–water partition coefficient (Wildman–Crippen LogP) is 0.209. The Morgan fingerprint density at radius 3 is 2.96 bits per heavy atom. The molecule has 0 bridgehead atoms. The van der Waals surface area contributed by atoms with Crippen LogP contribution in [-0.2, 0) is 18.3 Å². The molecule has 1 fully saturated rings. The van der Waals surface area contributed by atoms with Gasteiger partial charge in [0.15, 0.2) is 0 Å². The van der Waals surface area contributed by atoms with Crippen molar-refractivity contribution in [2.45, 2.75) is 31.8 Å². The van der Waals surface area contributed by atoms with Gasteiger partial charge < -0.3 is 15.3 Å². The van der Waals surface area contributed by atoms with Crippen molar-refractivity contribution < 1.29 is 9.90 Å². The van der Waals surface area contributed by atoms with Gasteiger partial charge in [-0.2, -0.15) is 5.10 Å². The molecule has 8 heteroatoms. The van der Waals surface area contributed by atoms with Crippen LogP contribution in [0.1, 0.15) is 24.1 Å². The molecule has 25 heavy (non-hydrogen) atoms. The fourth-order valence-corrected chi connectivity index (χ4v) is 3.14. The first kappa shape index (κ1) is 17.3. The van der Waals surface area contributed by atoms with Crippen molar-refractivity contribution in [1.82, 2.24) is 25.1 Å². The molecule has 0 aliphatic carbocycles. The Labute approximate surface area is 146 Å². The minimum Gasteiger partial charge on any atom is -0.386 e. The fraction of sp³-hybridized carbons (Fsp3) is 0.529. The van der Waals surface area contributed by atoms with Crippen LogP contribution in [0.2, 0.25) is 0 Å². The number of β-amino-alcohol motifs (C(OH)–C–C–N with tert-alkyl or cyclic N) is 1. The fourth-order valence-electron chi connectivity index (χ4n) is 3.14. The van der Waals surface area contributed by atoms with E-state index in [1.807, 2.05) is 25.1 Å². The lowest BCUT2D eigenvalue weighted by molar-refractivity contribution is -0.122. The van der Waals surface area contributed by atoms with Crippen molar-refractivity contribution in [3.05, 3.63) is 36.0 Å². The Balaban J connectivity index is 1.46. The molecule has 0 aromatic carbocycles. The second-order valence-electron chi connectivity index (χ2n) is 6.65. The summed E-state index contributed by atoms with van der Waals surface area (Å²) in [7, 11) is 1.87. The normalized spacial score (nSPS) is 20.0. The summed E-state index contributed by atoms with van der Waals surface area (Å²) in [6.45, 7) is 3.32. The van der Waals surface area contributed by atoms with Gasteiger partial charge in [0.1, 0.15) is 11.4 Å². The lowest BCUT2D eigenvalue weighted by Gasteiger charge is -2.24. The third-order valence-corrected chi connectivity index (χ3v) is 4.56. The Morgan fingerprint density at radius 1 is 1.44 bits per heavy atom. The van der Waals surface area contributed by atoms with Gasteiger partial charge in [0.2, 0.25) is 5.91 Å². The highest BCUT2D eigenvalue weighted by Gasteiger charge is 2.36. The minimum atomic E-state index is -0.933. The van der Waals surface area contributed by atoms with Crippen molar-refractivity contribution >= 4 is 11.7 Å². The first-order chi connectivity index (χ1) is 12.0. The number of anilines is 1. The summed E-state index contributed by atoms with van der Waals surface area (Å²) in [6, 6.07) is 0. The number of aryl methyl sites for hydroxylation is 3. The molecular weight excluding hydrogens is 320 g/mol. The van der Waals surface area contributed by atoms with E-state index in [-0.39, 0.29) is 12.5 Å². The van der Waals surface area contributed by atoms with Crippen LogP contribution < -0.4 is 10.2 Å². The minimum absolute atomic E-state index is 0.0605. The Hall–Kier alpha value is -2.48. The Morgan fingerprint density at radius 2 is 2.28 bits per heavy atom. The van der Waals surface area contributed by atoms with Gasteiger partial charge in [-0.15, -0.1) is 0 Å². The van der Waals surface area contributed by atoms with E-state index >= 15 is 0 Å². The van der Waals surface area contributed by atoms with Crippen LogP contribution in [-0.4, -0.2) is 56.0 Å². The third-order valence-electron chi connectivity index (χ3n) is 4.56. The molecule has 2 N–H and O–H groups in total. The van der Waals surface area contributed by atoms with Crippen molar-refractivity contribution in [2.24, 2.45) is 7.05 Å². The molecule has 0 spiro atoms. The van der Waals surface area contributed by atoms with Gasteiger partial charge in [0.25, 0.3) is 0 Å². The average molecular weight is 344 g/mol. The highest BCUT2D eigenvalue weighted by atomic mass is 16.3. The number of carbonyl (C=O) groups excluding carboxylic acids is 1. The number of aromatic nitrogens is 4. The number of rotatable bonds is 6. The molecule has 1 aliphatic rings. The van der Waals surface area contributed by atoms with E-state index in [0.717, 1.165) is 17.1 Å². The maximum absolute atomic E-state index is 12.1. The van der Waals surface area contributed by atoms with Gasteiger partial charge in [-0.25, -0.2) is 4.98 Å². The number of amides is 1. The van der Waals surface area contributed by atoms with E-state index in [9.17, 15) is 9.90 Å². The summed E-state index contributed by atoms with van der Waals surface area (Å²) in [5.74, 6) is 0.687. The van der Waals surface area contributed by atoms with Crippen molar-refractivity contribution in [3.8, 4) is 0 Å². The standard InChI is InChI=1S/C17H24N6O2/c1-13-14(10-22(2)21-13)3-4-16(24)20-11-17(25)5-8-23(12-17)15-9-18-6-7-19-15/h6-7,9-10,25H,3-5,8,11-12H2,1-2H3,(H,20,24)/t17-/m0/s1. The molecule has 0 saturated carbocycles. The molecule has 0 unspecified atom stereocenters. The summed E-state index contributed by atoms with van der Waals surface area (Å²) in [5.41, 5.74) is 1.09. The van der Waals surface area contributed by atoms with Gasteiger partial charge in [-0.1, -0.05) is 0 Å². The summed E-state index contributed by atoms with van der Waals surface area (Å²) in [5, 5.41) is 17.8. The van der Waals surface area contributed by atoms with E-state index in [2.05, 4.69) is 20.4 Å². The quantitative estimate of drug-likeness (QED) is 0.778. The summed E-state index contributed by atoms with van der Waals surface area (Å²) < 4.78 is 1.75. The molecule has 1 aliphatic heterocycles. The molecular formula is C17H24N6O2. The Kier molecular flexibility index (Phi) is 4.98. The van der Waals surface area contributed by atoms with Crippen molar-refractivity contribution in [3.63, 3.8) is 0 Å². The molecule has 2 aromatic heterocycles. The summed E-state index contributed by atoms with van der Waals surface area (Å²) in [4.78, 5) is 22.4. The first-order valence-corrected chi connectivity index (χ1v) is 8.44. The molecule has 3 heterocycles. The highest BCUT2D eigenvalue weighted by molar-refractivity contribution is 5.76. The van der Waals surface area contributed by atoms with Gasteiger partial charge in [-0.3, -0.25) is 14.5 Å². The van der Waals surface area contributed by atoms with Crippen LogP contribution >= 0.6 is 0 Å². The Bertz CT molecular complexity index is 732. The van der Waals surface area contributed by atoms with Crippen LogP contribution in [0.25, 0.3) is 0 Å². The predicted molar refractivity (Wildman–Crippen MR) is 93.1 cm³/mol. The van der Waals surface area contributed by atoms with E-state index in [0.29, 0.717) is 32.4 Å². The van der Waals surface area contributed by atoms with Crippen LogP contribution in [0.4, 0.5) is 5.82 Å². The van der Waals surface area contributed by atoms with Crippen molar-refractivity contribution in [1.29, 1.82) is 0 Å². The molecule has 3 rings (SSSR count). The molecule has 0 radical (unpaired) electrons. The number of nitrogens with zero attached hydrogens (tertiary/aromatic N) is 5.